The van der Waals surface area contributed by atoms with E-state index in [1.165, 1.54) is 5.57 Å². The van der Waals surface area contributed by atoms with Gasteiger partial charge in [0, 0.05) is 38.7 Å². The first-order chi connectivity index (χ1) is 11.4. The third-order valence-corrected chi connectivity index (χ3v) is 3.26. The van der Waals surface area contributed by atoms with E-state index in [0.717, 1.165) is 23.5 Å². The number of hydrogen-bond acceptors (Lipinski definition) is 3. The summed E-state index contributed by atoms with van der Waals surface area (Å²) in [6, 6.07) is 17.5. The summed E-state index contributed by atoms with van der Waals surface area (Å²) in [4.78, 5) is 12.6. The van der Waals surface area contributed by atoms with Gasteiger partial charge >= 0.3 is 0 Å². The molecule has 4 rings (SSSR count). The van der Waals surface area contributed by atoms with Gasteiger partial charge in [-0.25, -0.2) is 0 Å². The Hall–Kier alpha value is -2.42. The Morgan fingerprint density at radius 1 is 0.667 bits per heavy atom. The van der Waals surface area contributed by atoms with E-state index in [9.17, 15) is 0 Å². The maximum Gasteiger partial charge on any atom is 0.0886 e. The second kappa shape index (κ2) is 9.66. The number of hydrogen-bond donors (Lipinski definition) is 0. The molecule has 1 aliphatic carbocycles. The second-order valence-electron chi connectivity index (χ2n) is 4.87. The average Bonchev–Trinajstić information content (AvgIpc) is 3.19. The van der Waals surface area contributed by atoms with Crippen LogP contribution in [0.15, 0.2) is 85.3 Å². The van der Waals surface area contributed by atoms with Crippen molar-refractivity contribution in [2.45, 2.75) is 6.42 Å². The molecule has 3 aromatic heterocycles. The molecule has 3 nitrogen and oxygen atoms in total. The molecule has 0 amide bonds. The topological polar surface area (TPSA) is 38.7 Å². The standard InChI is InChI=1S/C10H8N2.C10H8N.Ir/c1-3-7-11-9(5-1)10-6-2-4-8-12-10;1-2-6-9(5-1)10-7-3-4-8-11-10;/h1-8H;1-4,7-8H,5H2;/q;-1;. The van der Waals surface area contributed by atoms with Gasteiger partial charge in [-0.2, -0.15) is 18.2 Å². The van der Waals surface area contributed by atoms with Gasteiger partial charge in [-0.3, -0.25) is 9.97 Å². The van der Waals surface area contributed by atoms with Gasteiger partial charge < -0.3 is 4.98 Å². The van der Waals surface area contributed by atoms with Crippen LogP contribution in [-0.4, -0.2) is 15.0 Å². The molecule has 0 N–H and O–H groups in total. The Labute approximate surface area is 155 Å². The van der Waals surface area contributed by atoms with Gasteiger partial charge in [0.1, 0.15) is 0 Å². The molecule has 3 heterocycles. The van der Waals surface area contributed by atoms with Gasteiger partial charge in [0.15, 0.2) is 0 Å². The van der Waals surface area contributed by atoms with E-state index >= 15 is 0 Å². The summed E-state index contributed by atoms with van der Waals surface area (Å²) in [5.41, 5.74) is 4.05. The third-order valence-electron chi connectivity index (χ3n) is 3.26. The molecule has 0 fully saturated rings. The van der Waals surface area contributed by atoms with Crippen LogP contribution in [0.1, 0.15) is 12.1 Å². The van der Waals surface area contributed by atoms with E-state index in [4.69, 9.17) is 0 Å². The van der Waals surface area contributed by atoms with Crippen molar-refractivity contribution in [2.75, 3.05) is 0 Å². The van der Waals surface area contributed by atoms with Gasteiger partial charge in [0.25, 0.3) is 0 Å². The zero-order valence-corrected chi connectivity index (χ0v) is 15.4. The largest absolute Gasteiger partial charge is 0.320 e. The molecule has 3 aromatic rings. The van der Waals surface area contributed by atoms with Gasteiger partial charge in [0.05, 0.1) is 11.4 Å². The quantitative estimate of drug-likeness (QED) is 0.501. The fraction of sp³-hybridized carbons (Fsp3) is 0.0500. The van der Waals surface area contributed by atoms with E-state index < -0.39 is 0 Å². The predicted octanol–water partition coefficient (Wildman–Crippen LogP) is 4.37. The number of allylic oxidation sites excluding steroid dienone is 4. The van der Waals surface area contributed by atoms with Gasteiger partial charge in [-0.05, 0) is 36.0 Å². The Balaban J connectivity index is 0.000000167. The Kier molecular flexibility index (Phi) is 7.21. The normalized spacial score (nSPS) is 11.8. The summed E-state index contributed by atoms with van der Waals surface area (Å²) >= 11 is 0. The maximum atomic E-state index is 4.22. The van der Waals surface area contributed by atoms with Crippen molar-refractivity contribution in [1.29, 1.82) is 0 Å². The van der Waals surface area contributed by atoms with Crippen LogP contribution in [0.5, 0.6) is 0 Å². The summed E-state index contributed by atoms with van der Waals surface area (Å²) < 4.78 is 0. The summed E-state index contributed by atoms with van der Waals surface area (Å²) in [7, 11) is 0. The molecule has 1 radical (unpaired) electrons. The summed E-state index contributed by atoms with van der Waals surface area (Å²) in [6.45, 7) is 0. The third kappa shape index (κ3) is 5.05. The minimum atomic E-state index is 0. The van der Waals surface area contributed by atoms with Crippen LogP contribution < -0.4 is 0 Å². The second-order valence-corrected chi connectivity index (χ2v) is 4.87. The Bertz CT molecular complexity index is 747. The zero-order chi connectivity index (χ0) is 15.7. The van der Waals surface area contributed by atoms with Crippen LogP contribution in [-0.2, 0) is 20.1 Å². The van der Waals surface area contributed by atoms with Crippen molar-refractivity contribution < 1.29 is 20.1 Å². The van der Waals surface area contributed by atoms with E-state index in [1.54, 1.807) is 12.4 Å². The van der Waals surface area contributed by atoms with Gasteiger partial charge in [-0.1, -0.05) is 30.7 Å². The molecule has 0 unspecified atom stereocenters. The molecule has 0 saturated heterocycles. The number of pyridine rings is 3. The van der Waals surface area contributed by atoms with Crippen LogP contribution in [0.25, 0.3) is 17.0 Å². The van der Waals surface area contributed by atoms with Crippen molar-refractivity contribution in [3.63, 3.8) is 0 Å². The van der Waals surface area contributed by atoms with Crippen molar-refractivity contribution in [3.8, 4) is 11.4 Å². The minimum absolute atomic E-state index is 0. The molecular formula is C20H16IrN3-. The number of rotatable bonds is 2. The first kappa shape index (κ1) is 17.9. The van der Waals surface area contributed by atoms with Crippen molar-refractivity contribution in [3.05, 3.63) is 97.1 Å². The molecule has 121 valence electrons. The van der Waals surface area contributed by atoms with Crippen LogP contribution in [0.4, 0.5) is 0 Å². The van der Waals surface area contributed by atoms with Crippen molar-refractivity contribution in [1.82, 2.24) is 15.0 Å². The van der Waals surface area contributed by atoms with Crippen LogP contribution in [0.2, 0.25) is 0 Å². The van der Waals surface area contributed by atoms with Crippen molar-refractivity contribution >= 4 is 5.57 Å². The first-order valence-corrected chi connectivity index (χ1v) is 7.45. The Morgan fingerprint density at radius 2 is 1.17 bits per heavy atom. The number of aromatic nitrogens is 3. The fourth-order valence-electron chi connectivity index (χ4n) is 2.14. The molecule has 0 aliphatic heterocycles. The van der Waals surface area contributed by atoms with Crippen LogP contribution in [0, 0.1) is 6.08 Å². The summed E-state index contributed by atoms with van der Waals surface area (Å²) in [5.74, 6) is 0. The Morgan fingerprint density at radius 3 is 1.54 bits per heavy atom. The molecule has 0 spiro atoms. The zero-order valence-electron chi connectivity index (χ0n) is 13.0. The van der Waals surface area contributed by atoms with Crippen LogP contribution in [0.3, 0.4) is 0 Å². The van der Waals surface area contributed by atoms with Crippen LogP contribution >= 0.6 is 0 Å². The molecule has 0 aromatic carbocycles. The van der Waals surface area contributed by atoms with E-state index in [-0.39, 0.29) is 20.1 Å². The SMILES string of the molecule is [C-]1=C(c2ccccn2)CC=C1.[Ir].c1ccc(-c2ccccn2)nc1. The van der Waals surface area contributed by atoms with E-state index in [1.807, 2.05) is 66.9 Å². The summed E-state index contributed by atoms with van der Waals surface area (Å²) in [5, 5.41) is 0. The first-order valence-electron chi connectivity index (χ1n) is 7.45. The molecule has 0 atom stereocenters. The van der Waals surface area contributed by atoms with Gasteiger partial charge in [-0.15, -0.1) is 5.57 Å². The summed E-state index contributed by atoms with van der Waals surface area (Å²) in [6.07, 6.45) is 13.5. The maximum absolute atomic E-state index is 4.22. The molecule has 4 heteroatoms. The molecular weight excluding hydrogens is 474 g/mol. The average molecular weight is 491 g/mol. The molecule has 0 saturated carbocycles. The molecule has 0 bridgehead atoms. The van der Waals surface area contributed by atoms with E-state index in [0.29, 0.717) is 0 Å². The van der Waals surface area contributed by atoms with E-state index in [2.05, 4.69) is 27.1 Å². The van der Waals surface area contributed by atoms with Gasteiger partial charge in [0.2, 0.25) is 0 Å². The number of nitrogens with zero attached hydrogens (tertiary/aromatic N) is 3. The minimum Gasteiger partial charge on any atom is -0.320 e. The monoisotopic (exact) mass is 491 g/mol. The van der Waals surface area contributed by atoms with Crippen molar-refractivity contribution in [2.24, 2.45) is 0 Å². The molecule has 24 heavy (non-hydrogen) atoms. The smallest absolute Gasteiger partial charge is 0.0886 e. The predicted molar refractivity (Wildman–Crippen MR) is 92.1 cm³/mol. The fourth-order valence-corrected chi connectivity index (χ4v) is 2.14. The molecule has 1 aliphatic rings.